The topological polar surface area (TPSA) is 54.5 Å². The van der Waals surface area contributed by atoms with Crippen LogP contribution in [0.4, 0.5) is 4.79 Å². The number of benzene rings is 2. The van der Waals surface area contributed by atoms with Crippen molar-refractivity contribution in [3.05, 3.63) is 59.3 Å². The highest BCUT2D eigenvalue weighted by Crippen LogP contribution is 2.42. The number of urea groups is 1. The van der Waals surface area contributed by atoms with Crippen molar-refractivity contribution < 1.29 is 9.53 Å². The van der Waals surface area contributed by atoms with Gasteiger partial charge in [0.2, 0.25) is 0 Å². The van der Waals surface area contributed by atoms with Crippen molar-refractivity contribution >= 4 is 17.4 Å². The number of ether oxygens (including phenoxy) is 1. The van der Waals surface area contributed by atoms with Gasteiger partial charge < -0.3 is 15.0 Å². The Kier molecular flexibility index (Phi) is 7.33. The Balaban J connectivity index is 1.40. The smallest absolute Gasteiger partial charge is 0.317 e. The molecule has 1 saturated heterocycles. The lowest BCUT2D eigenvalue weighted by atomic mass is 9.96. The fourth-order valence-electron chi connectivity index (χ4n) is 5.38. The fraction of sp³-hybridized carbons (Fsp3) is 0.467. The highest BCUT2D eigenvalue weighted by atomic mass is 32.1. The van der Waals surface area contributed by atoms with Gasteiger partial charge in [0.25, 0.3) is 0 Å². The van der Waals surface area contributed by atoms with E-state index in [4.69, 9.17) is 9.72 Å². The van der Waals surface area contributed by atoms with E-state index in [1.54, 1.807) is 11.3 Å². The summed E-state index contributed by atoms with van der Waals surface area (Å²) in [7, 11) is 0. The Bertz CT molecular complexity index is 1230. The highest BCUT2D eigenvalue weighted by molar-refractivity contribution is 7.18. The molecular weight excluding hydrogens is 466 g/mol. The van der Waals surface area contributed by atoms with Gasteiger partial charge in [-0.1, -0.05) is 32.0 Å². The average Bonchev–Trinajstić information content (AvgIpc) is 3.65. The molecule has 36 heavy (non-hydrogen) atoms. The Morgan fingerprint density at radius 1 is 1.19 bits per heavy atom. The summed E-state index contributed by atoms with van der Waals surface area (Å²) in [6, 6.07) is 13.2. The lowest BCUT2D eigenvalue weighted by molar-refractivity contribution is 0.204. The third-order valence-corrected chi connectivity index (χ3v) is 8.58. The van der Waals surface area contributed by atoms with E-state index < -0.39 is 0 Å². The number of nitrogens with zero attached hydrogens (tertiary/aromatic N) is 2. The summed E-state index contributed by atoms with van der Waals surface area (Å²) < 4.78 is 6.10. The Hall–Kier alpha value is -2.86. The zero-order valence-corrected chi connectivity index (χ0v) is 22.7. The fourth-order valence-corrected chi connectivity index (χ4v) is 6.34. The summed E-state index contributed by atoms with van der Waals surface area (Å²) in [5.41, 5.74) is 6.24. The van der Waals surface area contributed by atoms with Crippen LogP contribution < -0.4 is 10.1 Å². The van der Waals surface area contributed by atoms with Crippen molar-refractivity contribution in [2.45, 2.75) is 77.9 Å². The van der Waals surface area contributed by atoms with Gasteiger partial charge in [-0.2, -0.15) is 0 Å². The average molecular weight is 504 g/mol. The van der Waals surface area contributed by atoms with Crippen molar-refractivity contribution in [3.8, 4) is 26.8 Å². The van der Waals surface area contributed by atoms with Gasteiger partial charge in [-0.25, -0.2) is 9.78 Å². The van der Waals surface area contributed by atoms with Crippen LogP contribution in [0.5, 0.6) is 5.75 Å². The van der Waals surface area contributed by atoms with Crippen molar-refractivity contribution in [1.82, 2.24) is 15.2 Å². The molecule has 0 saturated carbocycles. The van der Waals surface area contributed by atoms with E-state index in [2.05, 4.69) is 69.4 Å². The minimum atomic E-state index is 0.0813. The van der Waals surface area contributed by atoms with Crippen LogP contribution in [0.1, 0.15) is 82.0 Å². The summed E-state index contributed by atoms with van der Waals surface area (Å²) >= 11 is 1.74. The van der Waals surface area contributed by atoms with Gasteiger partial charge in [-0.15, -0.1) is 11.3 Å². The number of hydrogen-bond donors (Lipinski definition) is 1. The summed E-state index contributed by atoms with van der Waals surface area (Å²) in [6.45, 7) is 10.4. The number of hydrogen-bond acceptors (Lipinski definition) is 4. The first-order chi connectivity index (χ1) is 17.4. The van der Waals surface area contributed by atoms with E-state index in [-0.39, 0.29) is 18.2 Å². The number of rotatable bonds is 7. The first kappa shape index (κ1) is 24.8. The van der Waals surface area contributed by atoms with E-state index in [1.807, 2.05) is 11.1 Å². The summed E-state index contributed by atoms with van der Waals surface area (Å²) in [4.78, 5) is 20.7. The molecule has 1 N–H and O–H groups in total. The number of fused-ring (bicyclic) bond motifs is 1. The molecule has 1 aliphatic heterocycles. The molecule has 1 aliphatic carbocycles. The maximum Gasteiger partial charge on any atom is 0.317 e. The number of likely N-dealkylation sites (tertiary alicyclic amines) is 1. The standard InChI is InChI=1S/C30H37N3O2S/c1-5-20(4)25-17-21(11-14-27(25)35-19(2)3)29-31-18-28(36-29)24-10-8-9-23-22(24)12-13-26(23)32-30(34)33-15-6-7-16-33/h8-11,14,17-20,26H,5-7,12-13,15-16H2,1-4H3,(H,32,34). The number of thiazole rings is 1. The van der Waals surface area contributed by atoms with E-state index >= 15 is 0 Å². The second kappa shape index (κ2) is 10.6. The third kappa shape index (κ3) is 5.01. The summed E-state index contributed by atoms with van der Waals surface area (Å²) in [6.07, 6.45) is 7.36. The first-order valence-electron chi connectivity index (χ1n) is 13.4. The van der Waals surface area contributed by atoms with Gasteiger partial charge in [0.1, 0.15) is 10.8 Å². The van der Waals surface area contributed by atoms with E-state index in [1.165, 1.54) is 27.1 Å². The zero-order valence-electron chi connectivity index (χ0n) is 21.8. The second-order valence-electron chi connectivity index (χ2n) is 10.4. The van der Waals surface area contributed by atoms with E-state index in [9.17, 15) is 4.79 Å². The van der Waals surface area contributed by atoms with Gasteiger partial charge in [-0.05, 0) is 92.3 Å². The molecule has 6 heteroatoms. The molecule has 2 aliphatic rings. The number of amides is 2. The SMILES string of the molecule is CCC(C)c1cc(-c2ncc(-c3cccc4c3CCC4NC(=O)N3CCCC3)s2)ccc1OC(C)C. The molecule has 2 atom stereocenters. The Morgan fingerprint density at radius 2 is 2.00 bits per heavy atom. The number of nitrogens with one attached hydrogen (secondary N) is 1. The molecule has 190 valence electrons. The number of carbonyl (C=O) groups is 1. The molecule has 0 radical (unpaired) electrons. The Morgan fingerprint density at radius 3 is 2.75 bits per heavy atom. The maximum absolute atomic E-state index is 12.7. The molecule has 1 aromatic heterocycles. The van der Waals surface area contributed by atoms with Gasteiger partial charge in [0.05, 0.1) is 17.0 Å². The normalized spacial score (nSPS) is 17.9. The molecule has 2 aromatic carbocycles. The van der Waals surface area contributed by atoms with Gasteiger partial charge in [-0.3, -0.25) is 0 Å². The third-order valence-electron chi connectivity index (χ3n) is 7.50. The monoisotopic (exact) mass is 503 g/mol. The van der Waals surface area contributed by atoms with Crippen molar-refractivity contribution in [3.63, 3.8) is 0 Å². The number of aromatic nitrogens is 1. The van der Waals surface area contributed by atoms with Crippen molar-refractivity contribution in [2.75, 3.05) is 13.1 Å². The van der Waals surface area contributed by atoms with Crippen molar-refractivity contribution in [2.24, 2.45) is 0 Å². The predicted molar refractivity (Wildman–Crippen MR) is 148 cm³/mol. The molecule has 0 bridgehead atoms. The minimum Gasteiger partial charge on any atom is -0.491 e. The summed E-state index contributed by atoms with van der Waals surface area (Å²) in [5.74, 6) is 1.39. The zero-order chi connectivity index (χ0) is 25.2. The molecule has 2 heterocycles. The summed E-state index contributed by atoms with van der Waals surface area (Å²) in [5, 5.41) is 4.32. The molecule has 2 unspecified atom stereocenters. The Labute approximate surface area is 218 Å². The van der Waals surface area contributed by atoms with Crippen LogP contribution in [0.15, 0.2) is 42.6 Å². The van der Waals surface area contributed by atoms with Crippen LogP contribution in [0, 0.1) is 0 Å². The minimum absolute atomic E-state index is 0.0813. The first-order valence-corrected chi connectivity index (χ1v) is 14.2. The van der Waals surface area contributed by atoms with Crippen LogP contribution in [0.2, 0.25) is 0 Å². The maximum atomic E-state index is 12.7. The second-order valence-corrected chi connectivity index (χ2v) is 11.4. The molecular formula is C30H37N3O2S. The van der Waals surface area contributed by atoms with E-state index in [0.29, 0.717) is 5.92 Å². The predicted octanol–water partition coefficient (Wildman–Crippen LogP) is 7.57. The van der Waals surface area contributed by atoms with Crippen molar-refractivity contribution in [1.29, 1.82) is 0 Å². The quantitative estimate of drug-likeness (QED) is 0.362. The highest BCUT2D eigenvalue weighted by Gasteiger charge is 2.29. The number of carbonyl (C=O) groups excluding carboxylic acids is 1. The molecule has 5 rings (SSSR count). The van der Waals surface area contributed by atoms with Crippen LogP contribution in [-0.4, -0.2) is 35.1 Å². The largest absolute Gasteiger partial charge is 0.491 e. The van der Waals surface area contributed by atoms with E-state index in [0.717, 1.165) is 61.5 Å². The molecule has 2 amide bonds. The lowest BCUT2D eigenvalue weighted by Gasteiger charge is -2.21. The van der Waals surface area contributed by atoms with Gasteiger partial charge in [0.15, 0.2) is 0 Å². The molecule has 1 fully saturated rings. The van der Waals surface area contributed by atoms with Crippen LogP contribution in [0.3, 0.4) is 0 Å². The molecule has 3 aromatic rings. The van der Waals surface area contributed by atoms with Crippen LogP contribution in [0.25, 0.3) is 21.0 Å². The molecule has 5 nitrogen and oxygen atoms in total. The lowest BCUT2D eigenvalue weighted by Crippen LogP contribution is -2.39. The molecule has 0 spiro atoms. The van der Waals surface area contributed by atoms with Gasteiger partial charge in [0, 0.05) is 24.8 Å². The van der Waals surface area contributed by atoms with Crippen LogP contribution >= 0.6 is 11.3 Å². The van der Waals surface area contributed by atoms with Crippen LogP contribution in [-0.2, 0) is 6.42 Å². The van der Waals surface area contributed by atoms with Gasteiger partial charge >= 0.3 is 6.03 Å².